The number of nitrogens with zero attached hydrogens (tertiary/aromatic N) is 3. The van der Waals surface area contributed by atoms with E-state index < -0.39 is 44.2 Å². The van der Waals surface area contributed by atoms with Crippen molar-refractivity contribution in [3.63, 3.8) is 0 Å². The first-order chi connectivity index (χ1) is 20.1. The Kier molecular flexibility index (Phi) is 8.92. The van der Waals surface area contributed by atoms with Gasteiger partial charge in [0.1, 0.15) is 15.7 Å². The number of benzene rings is 2. The normalized spacial score (nSPS) is 16.2. The number of rotatable bonds is 8. The highest BCUT2D eigenvalue weighted by Crippen LogP contribution is 2.60. The lowest BCUT2D eigenvalue weighted by molar-refractivity contribution is 0.0694. The Balaban J connectivity index is 1.25. The van der Waals surface area contributed by atoms with E-state index in [1.54, 1.807) is 22.8 Å². The zero-order valence-corrected chi connectivity index (χ0v) is 25.9. The SMILES string of the molecule is O=C(O)c1cn(C2CC2)c2cc(N3CCN(C(=S)Sc4ccc(CC(P(=O)(O)O)P(=O)(O)O)cc4)CC3)c(F)cc2c1=O. The lowest BCUT2D eigenvalue weighted by Crippen LogP contribution is -2.47. The highest BCUT2D eigenvalue weighted by Gasteiger charge is 2.43. The van der Waals surface area contributed by atoms with Crippen LogP contribution in [0, 0.1) is 5.82 Å². The predicted octanol–water partition coefficient (Wildman–Crippen LogP) is 3.60. The van der Waals surface area contributed by atoms with Crippen LogP contribution in [-0.4, -0.2) is 76.0 Å². The van der Waals surface area contributed by atoms with Crippen molar-refractivity contribution < 1.29 is 43.0 Å². The van der Waals surface area contributed by atoms with Gasteiger partial charge in [-0.05, 0) is 49.1 Å². The molecular weight excluding hydrogens is 643 g/mol. The van der Waals surface area contributed by atoms with Crippen molar-refractivity contribution in [2.75, 3.05) is 31.1 Å². The molecule has 1 saturated carbocycles. The van der Waals surface area contributed by atoms with Crippen molar-refractivity contribution in [3.8, 4) is 0 Å². The summed E-state index contributed by atoms with van der Waals surface area (Å²) in [7, 11) is -10.1. The Morgan fingerprint density at radius 1 is 1.02 bits per heavy atom. The molecule has 1 aliphatic heterocycles. The number of fused-ring (bicyclic) bond motifs is 1. The van der Waals surface area contributed by atoms with E-state index in [0.29, 0.717) is 47.3 Å². The Labute approximate surface area is 254 Å². The molecule has 0 radical (unpaired) electrons. The summed E-state index contributed by atoms with van der Waals surface area (Å²) >= 11 is 6.89. The number of pyridine rings is 1. The molecule has 12 nitrogen and oxygen atoms in total. The summed E-state index contributed by atoms with van der Waals surface area (Å²) in [5, 5.41) is 7.37. The molecule has 2 aromatic carbocycles. The number of hydrogen-bond donors (Lipinski definition) is 5. The maximum absolute atomic E-state index is 15.3. The minimum absolute atomic E-state index is 0.0364. The fraction of sp³-hybridized carbons (Fsp3) is 0.346. The van der Waals surface area contributed by atoms with Gasteiger partial charge in [0.15, 0.2) is 5.40 Å². The monoisotopic (exact) mass is 671 g/mol. The predicted molar refractivity (Wildman–Crippen MR) is 164 cm³/mol. The van der Waals surface area contributed by atoms with E-state index >= 15 is 4.39 Å². The van der Waals surface area contributed by atoms with E-state index in [1.807, 2.05) is 9.80 Å². The lowest BCUT2D eigenvalue weighted by atomic mass is 10.1. The van der Waals surface area contributed by atoms with Crippen molar-refractivity contribution in [2.45, 2.75) is 35.6 Å². The number of piperazine rings is 1. The Bertz CT molecular complexity index is 1730. The quantitative estimate of drug-likeness (QED) is 0.133. The van der Waals surface area contributed by atoms with Gasteiger partial charge >= 0.3 is 21.2 Å². The van der Waals surface area contributed by atoms with Crippen LogP contribution >= 0.6 is 39.2 Å². The molecule has 2 aliphatic rings. The van der Waals surface area contributed by atoms with Gasteiger partial charge in [0, 0.05) is 48.7 Å². The van der Waals surface area contributed by atoms with E-state index in [2.05, 4.69) is 0 Å². The third kappa shape index (κ3) is 7.05. The van der Waals surface area contributed by atoms with Crippen LogP contribution in [0.25, 0.3) is 10.9 Å². The van der Waals surface area contributed by atoms with Gasteiger partial charge in [-0.3, -0.25) is 13.9 Å². The molecule has 0 atom stereocenters. The van der Waals surface area contributed by atoms with Gasteiger partial charge in [0.05, 0.1) is 11.2 Å². The molecule has 5 N–H and O–H groups in total. The first kappa shape index (κ1) is 31.8. The number of thiocarbonyl (C=S) groups is 1. The zero-order valence-electron chi connectivity index (χ0n) is 22.4. The van der Waals surface area contributed by atoms with Crippen molar-refractivity contribution >= 4 is 66.1 Å². The molecule has 1 saturated heterocycles. The number of carboxylic acids is 1. The summed E-state index contributed by atoms with van der Waals surface area (Å²) in [6, 6.07) is 9.17. The maximum Gasteiger partial charge on any atom is 0.341 e. The molecule has 0 bridgehead atoms. The average molecular weight is 672 g/mol. The minimum atomic E-state index is -5.03. The number of carboxylic acid groups (broad SMARTS) is 1. The highest BCUT2D eigenvalue weighted by molar-refractivity contribution is 8.22. The molecule has 0 unspecified atom stereocenters. The van der Waals surface area contributed by atoms with Crippen molar-refractivity contribution in [3.05, 3.63) is 69.8 Å². The number of anilines is 1. The summed E-state index contributed by atoms with van der Waals surface area (Å²) in [5.74, 6) is -1.96. The van der Waals surface area contributed by atoms with Crippen LogP contribution in [0.3, 0.4) is 0 Å². The summed E-state index contributed by atoms with van der Waals surface area (Å²) in [6.07, 6.45) is 2.55. The number of thioether (sulfide) groups is 1. The van der Waals surface area contributed by atoms with E-state index in [1.165, 1.54) is 30.1 Å². The van der Waals surface area contributed by atoms with Crippen molar-refractivity contribution in [2.24, 2.45) is 0 Å². The average Bonchev–Trinajstić information content (AvgIpc) is 3.77. The molecular formula is C26H28FN3O9P2S2. The molecule has 5 rings (SSSR count). The standard InChI is InChI=1S/C26H28FN3O9P2S2/c27-20-12-18-21(30(16-3-4-16)14-19(24(18)31)25(32)33)13-22(20)28-7-9-29(10-8-28)26(42)43-17-5-1-15(2-6-17)11-23(40(34,35)36)41(37,38)39/h1-2,5-6,12-14,16,23H,3-4,7-11H2,(H,32,33)(H2,34,35,36)(H2,37,38,39). The Morgan fingerprint density at radius 3 is 2.16 bits per heavy atom. The van der Waals surface area contributed by atoms with E-state index in [0.717, 1.165) is 23.8 Å². The van der Waals surface area contributed by atoms with Gasteiger partial charge in [0.25, 0.3) is 0 Å². The maximum atomic E-state index is 15.3. The minimum Gasteiger partial charge on any atom is -0.477 e. The first-order valence-corrected chi connectivity index (χ1v) is 17.7. The van der Waals surface area contributed by atoms with E-state index in [9.17, 15) is 43.4 Å². The molecule has 2 fully saturated rings. The van der Waals surface area contributed by atoms with Crippen LogP contribution < -0.4 is 10.3 Å². The number of aromatic carboxylic acids is 1. The molecule has 230 valence electrons. The number of hydrogen-bond acceptors (Lipinski definition) is 7. The van der Waals surface area contributed by atoms with E-state index in [-0.39, 0.29) is 17.0 Å². The molecule has 43 heavy (non-hydrogen) atoms. The Morgan fingerprint density at radius 2 is 1.63 bits per heavy atom. The fourth-order valence-corrected chi connectivity index (χ4v) is 8.76. The zero-order chi connectivity index (χ0) is 31.3. The first-order valence-electron chi connectivity index (χ1n) is 13.2. The number of carbonyl (C=O) groups is 1. The van der Waals surface area contributed by atoms with Crippen LogP contribution in [0.1, 0.15) is 34.8 Å². The second-order valence-electron chi connectivity index (χ2n) is 10.5. The van der Waals surface area contributed by atoms with Gasteiger partial charge in [-0.25, -0.2) is 9.18 Å². The molecule has 17 heteroatoms. The Hall–Kier alpha value is -2.61. The summed E-state index contributed by atoms with van der Waals surface area (Å²) < 4.78 is 40.7. The number of aromatic nitrogens is 1. The smallest absolute Gasteiger partial charge is 0.341 e. The van der Waals surface area contributed by atoms with Gasteiger partial charge in [0.2, 0.25) is 5.43 Å². The molecule has 2 heterocycles. The third-order valence-corrected chi connectivity index (χ3v) is 12.6. The van der Waals surface area contributed by atoms with Gasteiger partial charge in [-0.2, -0.15) is 0 Å². The van der Waals surface area contributed by atoms with Gasteiger partial charge in [-0.1, -0.05) is 36.1 Å². The molecule has 1 aliphatic carbocycles. The van der Waals surface area contributed by atoms with Gasteiger partial charge < -0.3 is 39.0 Å². The van der Waals surface area contributed by atoms with Crippen molar-refractivity contribution in [1.29, 1.82) is 0 Å². The summed E-state index contributed by atoms with van der Waals surface area (Å²) in [6.45, 7) is 1.85. The second kappa shape index (κ2) is 12.1. The topological polar surface area (TPSA) is 181 Å². The summed E-state index contributed by atoms with van der Waals surface area (Å²) in [4.78, 5) is 66.3. The van der Waals surface area contributed by atoms with Gasteiger partial charge in [-0.15, -0.1) is 0 Å². The van der Waals surface area contributed by atoms with Crippen LogP contribution in [0.5, 0.6) is 0 Å². The molecule has 0 amide bonds. The number of halogens is 1. The fourth-order valence-electron chi connectivity index (χ4n) is 5.04. The second-order valence-corrected chi connectivity index (χ2v) is 16.2. The van der Waals surface area contributed by atoms with Crippen LogP contribution in [0.15, 0.2) is 52.3 Å². The largest absolute Gasteiger partial charge is 0.477 e. The van der Waals surface area contributed by atoms with Crippen molar-refractivity contribution in [1.82, 2.24) is 9.47 Å². The van der Waals surface area contributed by atoms with E-state index in [4.69, 9.17) is 12.2 Å². The van der Waals surface area contributed by atoms with Crippen LogP contribution in [0.2, 0.25) is 0 Å². The molecule has 0 spiro atoms. The third-order valence-electron chi connectivity index (χ3n) is 7.47. The van der Waals surface area contributed by atoms with Crippen LogP contribution in [0.4, 0.5) is 10.1 Å². The van der Waals surface area contributed by atoms with Crippen LogP contribution in [-0.2, 0) is 15.6 Å². The highest BCUT2D eigenvalue weighted by atomic mass is 32.2. The summed E-state index contributed by atoms with van der Waals surface area (Å²) in [5.41, 5.74) is 0.0749. The molecule has 3 aromatic rings. The molecule has 1 aromatic heterocycles. The lowest BCUT2D eigenvalue weighted by Gasteiger charge is -2.37.